The van der Waals surface area contributed by atoms with Crippen molar-refractivity contribution in [3.63, 3.8) is 0 Å². The minimum absolute atomic E-state index is 0.0550. The number of hydrogen-bond donors (Lipinski definition) is 1. The topological polar surface area (TPSA) is 70.0 Å². The molecule has 0 saturated carbocycles. The Bertz CT molecular complexity index is 1190. The van der Waals surface area contributed by atoms with E-state index in [1.54, 1.807) is 29.2 Å². The number of nitrogens with zero attached hydrogens (tertiary/aromatic N) is 2. The molecule has 1 aliphatic rings. The third-order valence-corrected chi connectivity index (χ3v) is 5.18. The molecule has 0 spiro atoms. The maximum Gasteiger partial charge on any atom is 0.335 e. The van der Waals surface area contributed by atoms with Crippen LogP contribution in [-0.2, 0) is 13.0 Å². The summed E-state index contributed by atoms with van der Waals surface area (Å²) in [7, 11) is 0. The molecule has 4 rings (SSSR count). The number of fused-ring (bicyclic) bond motifs is 1. The Morgan fingerprint density at radius 1 is 1.00 bits per heavy atom. The number of aromatic carboxylic acids is 1. The van der Waals surface area contributed by atoms with Crippen molar-refractivity contribution in [1.29, 1.82) is 0 Å². The lowest BCUT2D eigenvalue weighted by Gasteiger charge is -2.24. The molecule has 0 radical (unpaired) electrons. The molecule has 1 N–H and O–H groups in total. The molecular weight excluding hydrogens is 376 g/mol. The van der Waals surface area contributed by atoms with Crippen LogP contribution < -0.4 is 10.6 Å². The molecule has 150 valence electrons. The van der Waals surface area contributed by atoms with Crippen molar-refractivity contribution in [3.8, 4) is 0 Å². The number of amides is 1. The molecule has 0 aromatic heterocycles. The van der Waals surface area contributed by atoms with E-state index in [4.69, 9.17) is 5.11 Å². The van der Waals surface area contributed by atoms with Crippen LogP contribution in [0.4, 0.5) is 0 Å². The zero-order valence-electron chi connectivity index (χ0n) is 16.5. The molecule has 0 unspecified atom stereocenters. The van der Waals surface area contributed by atoms with Gasteiger partial charge < -0.3 is 10.0 Å². The first-order valence-corrected chi connectivity index (χ1v) is 9.90. The molecule has 5 heteroatoms. The summed E-state index contributed by atoms with van der Waals surface area (Å²) in [5, 5.41) is 10.8. The van der Waals surface area contributed by atoms with Crippen LogP contribution in [0.15, 0.2) is 77.8 Å². The highest BCUT2D eigenvalue weighted by atomic mass is 16.4. The molecule has 1 amide bonds. The van der Waals surface area contributed by atoms with Gasteiger partial charge in [-0.05, 0) is 53.5 Å². The largest absolute Gasteiger partial charge is 0.478 e. The number of carboxylic acids is 1. The Morgan fingerprint density at radius 3 is 2.50 bits per heavy atom. The van der Waals surface area contributed by atoms with E-state index < -0.39 is 5.97 Å². The number of carboxylic acid groups (broad SMARTS) is 1. The number of hydrogen-bond acceptors (Lipinski definition) is 3. The van der Waals surface area contributed by atoms with Crippen molar-refractivity contribution < 1.29 is 14.7 Å². The molecule has 1 aliphatic heterocycles. The van der Waals surface area contributed by atoms with Crippen molar-refractivity contribution in [2.75, 3.05) is 6.67 Å². The number of aryl methyl sites for hydroxylation is 1. The Hall–Kier alpha value is -3.73. The molecule has 0 atom stereocenters. The molecule has 0 saturated heterocycles. The maximum atomic E-state index is 13.0. The third-order valence-electron chi connectivity index (χ3n) is 5.18. The molecule has 0 aliphatic carbocycles. The van der Waals surface area contributed by atoms with Gasteiger partial charge in [0.05, 0.1) is 16.5 Å². The van der Waals surface area contributed by atoms with Crippen LogP contribution in [0.2, 0.25) is 0 Å². The van der Waals surface area contributed by atoms with Gasteiger partial charge in [-0.15, -0.1) is 0 Å². The van der Waals surface area contributed by atoms with Gasteiger partial charge in [0.25, 0.3) is 5.91 Å². The average Bonchev–Trinajstić information content (AvgIpc) is 2.77. The number of carbonyl (C=O) groups excluding carboxylic acids is 1. The van der Waals surface area contributed by atoms with Crippen molar-refractivity contribution in [3.05, 3.63) is 106 Å². The lowest BCUT2D eigenvalue weighted by atomic mass is 10.1. The maximum absolute atomic E-state index is 13.0. The quantitative estimate of drug-likeness (QED) is 0.694. The molecule has 0 fully saturated rings. The summed E-state index contributed by atoms with van der Waals surface area (Å²) in [6, 6.07) is 22.7. The normalized spacial score (nSPS) is 13.7. The van der Waals surface area contributed by atoms with Crippen LogP contribution in [0.5, 0.6) is 0 Å². The summed E-state index contributed by atoms with van der Waals surface area (Å²) in [5.41, 5.74) is 3.00. The summed E-state index contributed by atoms with van der Waals surface area (Å²) in [4.78, 5) is 30.2. The van der Waals surface area contributed by atoms with E-state index in [1.807, 2.05) is 36.4 Å². The highest BCUT2D eigenvalue weighted by Crippen LogP contribution is 2.12. The van der Waals surface area contributed by atoms with Gasteiger partial charge in [0, 0.05) is 6.54 Å². The molecule has 0 bridgehead atoms. The first kappa shape index (κ1) is 19.6. The molecule has 3 aromatic carbocycles. The fourth-order valence-corrected chi connectivity index (χ4v) is 3.53. The lowest BCUT2D eigenvalue weighted by Crippen LogP contribution is -2.39. The first-order chi connectivity index (χ1) is 14.6. The highest BCUT2D eigenvalue weighted by molar-refractivity contribution is 5.94. The van der Waals surface area contributed by atoms with Crippen molar-refractivity contribution in [1.82, 2.24) is 4.90 Å². The summed E-state index contributed by atoms with van der Waals surface area (Å²) >= 11 is 0. The zero-order valence-corrected chi connectivity index (χ0v) is 16.5. The van der Waals surface area contributed by atoms with Crippen LogP contribution in [0.3, 0.4) is 0 Å². The van der Waals surface area contributed by atoms with Gasteiger partial charge in [0.1, 0.15) is 6.67 Å². The molecule has 1 heterocycles. The fourth-order valence-electron chi connectivity index (χ4n) is 3.53. The van der Waals surface area contributed by atoms with Crippen LogP contribution in [0.1, 0.15) is 38.3 Å². The van der Waals surface area contributed by atoms with Crippen LogP contribution in [0.25, 0.3) is 6.08 Å². The van der Waals surface area contributed by atoms with Gasteiger partial charge in [-0.2, -0.15) is 0 Å². The molecule has 3 aromatic rings. The van der Waals surface area contributed by atoms with Gasteiger partial charge in [-0.25, -0.2) is 4.79 Å². The standard InChI is InChI=1S/C25H22N2O3/c28-24-22-15-19(8-4-7-18-5-2-1-3-6-18)11-14-23(22)26-17-27(24)16-20-9-12-21(13-10-20)25(29)30/h1-3,5-6,8-15H,4,7,16-17H2,(H,29,30). The second-order valence-corrected chi connectivity index (χ2v) is 7.31. The predicted octanol–water partition coefficient (Wildman–Crippen LogP) is 3.03. The summed E-state index contributed by atoms with van der Waals surface area (Å²) < 4.78 is 0. The van der Waals surface area contributed by atoms with E-state index >= 15 is 0 Å². The summed E-state index contributed by atoms with van der Waals surface area (Å²) in [5.74, 6) is -1.02. The summed E-state index contributed by atoms with van der Waals surface area (Å²) in [6.07, 6.45) is 3.99. The van der Waals surface area contributed by atoms with Crippen LogP contribution >= 0.6 is 0 Å². The van der Waals surface area contributed by atoms with Gasteiger partial charge >= 0.3 is 5.97 Å². The minimum atomic E-state index is -0.962. The van der Waals surface area contributed by atoms with Crippen molar-refractivity contribution in [2.24, 2.45) is 4.99 Å². The van der Waals surface area contributed by atoms with E-state index in [1.165, 1.54) is 5.56 Å². The Morgan fingerprint density at radius 2 is 1.77 bits per heavy atom. The van der Waals surface area contributed by atoms with Gasteiger partial charge in [-0.1, -0.05) is 54.6 Å². The number of rotatable bonds is 6. The monoisotopic (exact) mass is 398 g/mol. The fraction of sp³-hybridized carbons (Fsp3) is 0.160. The van der Waals surface area contributed by atoms with E-state index in [9.17, 15) is 9.59 Å². The second-order valence-electron chi connectivity index (χ2n) is 7.31. The minimum Gasteiger partial charge on any atom is -0.478 e. The Labute approximate surface area is 174 Å². The van der Waals surface area contributed by atoms with Gasteiger partial charge in [-0.3, -0.25) is 9.79 Å². The summed E-state index contributed by atoms with van der Waals surface area (Å²) in [6.45, 7) is 0.688. The van der Waals surface area contributed by atoms with E-state index in [2.05, 4.69) is 23.2 Å². The van der Waals surface area contributed by atoms with Crippen molar-refractivity contribution in [2.45, 2.75) is 19.4 Å². The number of carbonyl (C=O) groups is 2. The number of benzene rings is 3. The van der Waals surface area contributed by atoms with Gasteiger partial charge in [0.15, 0.2) is 0 Å². The van der Waals surface area contributed by atoms with Crippen LogP contribution in [-0.4, -0.2) is 28.6 Å². The van der Waals surface area contributed by atoms with Gasteiger partial charge in [0.2, 0.25) is 0 Å². The lowest BCUT2D eigenvalue weighted by molar-refractivity contribution is 0.0693. The molecule has 5 nitrogen and oxygen atoms in total. The second kappa shape index (κ2) is 8.74. The highest BCUT2D eigenvalue weighted by Gasteiger charge is 2.21. The average molecular weight is 398 g/mol. The zero-order chi connectivity index (χ0) is 20.9. The van der Waals surface area contributed by atoms with Crippen molar-refractivity contribution >= 4 is 18.0 Å². The third kappa shape index (κ3) is 4.46. The Balaban J connectivity index is 1.48. The smallest absolute Gasteiger partial charge is 0.335 e. The van der Waals surface area contributed by atoms with Crippen LogP contribution in [0, 0.1) is 0 Å². The molecular formula is C25H22N2O3. The SMILES string of the molecule is O=C(O)c1ccc(CN2CN=c3ccc(=CCCc4ccccc4)cc3C2=O)cc1. The van der Waals surface area contributed by atoms with E-state index in [0.717, 1.165) is 29.0 Å². The Kier molecular flexibility index (Phi) is 5.70. The predicted molar refractivity (Wildman–Crippen MR) is 115 cm³/mol. The van der Waals surface area contributed by atoms with E-state index in [0.29, 0.717) is 18.8 Å². The first-order valence-electron chi connectivity index (χ1n) is 9.90. The molecule has 30 heavy (non-hydrogen) atoms. The van der Waals surface area contributed by atoms with E-state index in [-0.39, 0.29) is 11.5 Å².